The number of aryl methyl sites for hydroxylation is 1. The lowest BCUT2D eigenvalue weighted by Crippen LogP contribution is -2.39. The van der Waals surface area contributed by atoms with Crippen molar-refractivity contribution in [2.75, 3.05) is 6.61 Å². The van der Waals surface area contributed by atoms with E-state index in [1.54, 1.807) is 6.07 Å². The summed E-state index contributed by atoms with van der Waals surface area (Å²) in [6, 6.07) is 7.17. The molecule has 0 spiro atoms. The predicted molar refractivity (Wildman–Crippen MR) is 137 cm³/mol. The highest BCUT2D eigenvalue weighted by Crippen LogP contribution is 2.52. The van der Waals surface area contributed by atoms with Gasteiger partial charge in [-0.2, -0.15) is 0 Å². The van der Waals surface area contributed by atoms with Gasteiger partial charge in [0.05, 0.1) is 0 Å². The average Bonchev–Trinajstić information content (AvgIpc) is 2.57. The first-order valence-corrected chi connectivity index (χ1v) is 11.8. The number of ether oxygens (including phenoxy) is 1. The molecule has 0 saturated heterocycles. The minimum atomic E-state index is -0.331. The van der Waals surface area contributed by atoms with Gasteiger partial charge in [0.2, 0.25) is 0 Å². The third kappa shape index (κ3) is 7.25. The molecule has 0 amide bonds. The Morgan fingerprint density at radius 1 is 0.875 bits per heavy atom. The summed E-state index contributed by atoms with van der Waals surface area (Å²) in [7, 11) is 0. The molecule has 3 heteroatoms. The van der Waals surface area contributed by atoms with Crippen LogP contribution in [-0.2, 0) is 0 Å². The highest BCUT2D eigenvalue weighted by molar-refractivity contribution is 5.81. The molecule has 0 N–H and O–H groups in total. The van der Waals surface area contributed by atoms with E-state index in [0.29, 0.717) is 23.4 Å². The number of fused-ring (bicyclic) bond motifs is 1. The third-order valence-electron chi connectivity index (χ3n) is 6.83. The van der Waals surface area contributed by atoms with Crippen LogP contribution in [0.15, 0.2) is 45.6 Å². The Morgan fingerprint density at radius 2 is 1.50 bits per heavy atom. The highest BCUT2D eigenvalue weighted by Gasteiger charge is 2.42. The SMILES string of the molecule is Cc1cc(=O)oc2cc(OCC=CCC(C)(C)CC(C)(C)C(C)(C)CC(C)(C)C)ccc12. The van der Waals surface area contributed by atoms with Crippen LogP contribution in [0.4, 0.5) is 0 Å². The maximum atomic E-state index is 11.6. The van der Waals surface area contributed by atoms with Crippen molar-refractivity contribution in [2.24, 2.45) is 21.7 Å². The van der Waals surface area contributed by atoms with Crippen LogP contribution >= 0.6 is 0 Å². The summed E-state index contributed by atoms with van der Waals surface area (Å²) < 4.78 is 11.2. The van der Waals surface area contributed by atoms with Crippen LogP contribution in [0.25, 0.3) is 11.0 Å². The molecule has 0 aliphatic rings. The highest BCUT2D eigenvalue weighted by atomic mass is 16.5. The van der Waals surface area contributed by atoms with Crippen molar-refractivity contribution < 1.29 is 9.15 Å². The van der Waals surface area contributed by atoms with Crippen molar-refractivity contribution in [2.45, 2.75) is 88.5 Å². The third-order valence-corrected chi connectivity index (χ3v) is 6.83. The van der Waals surface area contributed by atoms with Crippen molar-refractivity contribution in [3.05, 3.63) is 52.4 Å². The van der Waals surface area contributed by atoms with Crippen molar-refractivity contribution in [3.63, 3.8) is 0 Å². The Bertz CT molecular complexity index is 997. The second-order valence-electron chi connectivity index (χ2n) is 12.7. The van der Waals surface area contributed by atoms with Gasteiger partial charge < -0.3 is 9.15 Å². The Hall–Kier alpha value is -2.03. The molecule has 0 bridgehead atoms. The number of benzene rings is 1. The number of allylic oxidation sites excluding steroid dienone is 1. The molecule has 0 fully saturated rings. The zero-order chi connectivity index (χ0) is 24.4. The quantitative estimate of drug-likeness (QED) is 0.290. The maximum absolute atomic E-state index is 11.6. The molecule has 1 heterocycles. The number of hydrogen-bond donors (Lipinski definition) is 0. The van der Waals surface area contributed by atoms with Gasteiger partial charge in [0.1, 0.15) is 17.9 Å². The number of hydrogen-bond acceptors (Lipinski definition) is 3. The topological polar surface area (TPSA) is 39.4 Å². The first kappa shape index (κ1) is 26.2. The molecule has 0 radical (unpaired) electrons. The van der Waals surface area contributed by atoms with E-state index in [2.05, 4.69) is 74.5 Å². The van der Waals surface area contributed by atoms with E-state index in [4.69, 9.17) is 9.15 Å². The molecule has 2 rings (SSSR count). The van der Waals surface area contributed by atoms with E-state index in [0.717, 1.165) is 23.8 Å². The van der Waals surface area contributed by atoms with Gasteiger partial charge in [-0.15, -0.1) is 0 Å². The first-order chi connectivity index (χ1) is 14.5. The lowest BCUT2D eigenvalue weighted by Gasteiger charge is -2.48. The van der Waals surface area contributed by atoms with Crippen molar-refractivity contribution >= 4 is 11.0 Å². The van der Waals surface area contributed by atoms with Gasteiger partial charge >= 0.3 is 5.63 Å². The monoisotopic (exact) mass is 440 g/mol. The molecular weight excluding hydrogens is 396 g/mol. The molecule has 0 aliphatic heterocycles. The summed E-state index contributed by atoms with van der Waals surface area (Å²) in [5.41, 5.74) is 2.18. The standard InChI is InChI=1S/C29H44O3/c1-21-17-25(30)32-24-18-22(13-14-23(21)24)31-16-12-11-15-27(5,6)20-29(9,10)28(7,8)19-26(2,3)4/h11-14,17-18H,15-16,19-20H2,1-10H3. The second kappa shape index (κ2) is 9.45. The van der Waals surface area contributed by atoms with Crippen LogP contribution in [0, 0.1) is 28.6 Å². The first-order valence-electron chi connectivity index (χ1n) is 11.8. The van der Waals surface area contributed by atoms with Crippen LogP contribution in [0.3, 0.4) is 0 Å². The van der Waals surface area contributed by atoms with Gasteiger partial charge in [0.25, 0.3) is 0 Å². The Morgan fingerprint density at radius 3 is 2.12 bits per heavy atom. The van der Waals surface area contributed by atoms with E-state index in [-0.39, 0.29) is 21.9 Å². The zero-order valence-electron chi connectivity index (χ0n) is 22.0. The molecule has 3 nitrogen and oxygen atoms in total. The summed E-state index contributed by atoms with van der Waals surface area (Å²) in [5.74, 6) is 0.709. The lowest BCUT2D eigenvalue weighted by molar-refractivity contribution is 0.0191. The zero-order valence-corrected chi connectivity index (χ0v) is 22.0. The summed E-state index contributed by atoms with van der Waals surface area (Å²) in [4.78, 5) is 11.6. The second-order valence-corrected chi connectivity index (χ2v) is 12.7. The molecule has 1 aromatic heterocycles. The normalized spacial score (nSPS) is 13.8. The molecule has 178 valence electrons. The fourth-order valence-corrected chi connectivity index (χ4v) is 5.08. The van der Waals surface area contributed by atoms with Crippen LogP contribution in [-0.4, -0.2) is 6.61 Å². The van der Waals surface area contributed by atoms with Gasteiger partial charge in [-0.25, -0.2) is 4.79 Å². The van der Waals surface area contributed by atoms with Gasteiger partial charge in [0, 0.05) is 17.5 Å². The van der Waals surface area contributed by atoms with Crippen LogP contribution in [0.2, 0.25) is 0 Å². The van der Waals surface area contributed by atoms with E-state index >= 15 is 0 Å². The summed E-state index contributed by atoms with van der Waals surface area (Å²) in [6.45, 7) is 23.8. The van der Waals surface area contributed by atoms with Crippen molar-refractivity contribution in [1.82, 2.24) is 0 Å². The van der Waals surface area contributed by atoms with E-state index in [1.165, 1.54) is 12.5 Å². The number of rotatable bonds is 9. The van der Waals surface area contributed by atoms with Crippen LogP contribution in [0.1, 0.15) is 87.1 Å². The van der Waals surface area contributed by atoms with E-state index < -0.39 is 0 Å². The molecular formula is C29H44O3. The molecule has 2 aromatic rings. The summed E-state index contributed by atoms with van der Waals surface area (Å²) in [5, 5.41) is 0.936. The van der Waals surface area contributed by atoms with Crippen LogP contribution < -0.4 is 10.4 Å². The fourth-order valence-electron chi connectivity index (χ4n) is 5.08. The minimum Gasteiger partial charge on any atom is -0.489 e. The van der Waals surface area contributed by atoms with Gasteiger partial charge in [-0.1, -0.05) is 74.5 Å². The Labute approximate surface area is 195 Å². The van der Waals surface area contributed by atoms with Gasteiger partial charge in [0.15, 0.2) is 0 Å². The molecule has 0 aliphatic carbocycles. The smallest absolute Gasteiger partial charge is 0.336 e. The van der Waals surface area contributed by atoms with E-state index in [9.17, 15) is 4.79 Å². The minimum absolute atomic E-state index is 0.207. The van der Waals surface area contributed by atoms with Crippen molar-refractivity contribution in [3.8, 4) is 5.75 Å². The molecule has 0 saturated carbocycles. The van der Waals surface area contributed by atoms with Crippen molar-refractivity contribution in [1.29, 1.82) is 0 Å². The molecule has 0 unspecified atom stereocenters. The summed E-state index contributed by atoms with van der Waals surface area (Å²) >= 11 is 0. The Kier molecular flexibility index (Phi) is 7.75. The molecule has 0 atom stereocenters. The summed E-state index contributed by atoms with van der Waals surface area (Å²) in [6.07, 6.45) is 7.70. The lowest BCUT2D eigenvalue weighted by atomic mass is 9.57. The maximum Gasteiger partial charge on any atom is 0.336 e. The van der Waals surface area contributed by atoms with Crippen LogP contribution in [0.5, 0.6) is 5.75 Å². The largest absolute Gasteiger partial charge is 0.489 e. The molecule has 32 heavy (non-hydrogen) atoms. The van der Waals surface area contributed by atoms with Gasteiger partial charge in [-0.05, 0) is 65.5 Å². The molecule has 1 aromatic carbocycles. The predicted octanol–water partition coefficient (Wildman–Crippen LogP) is 8.33. The van der Waals surface area contributed by atoms with E-state index in [1.807, 2.05) is 19.1 Å². The fraction of sp³-hybridized carbons (Fsp3) is 0.621. The Balaban J connectivity index is 1.94. The average molecular weight is 441 g/mol. The van der Waals surface area contributed by atoms with Gasteiger partial charge in [-0.3, -0.25) is 0 Å².